The zero-order valence-electron chi connectivity index (χ0n) is 13.5. The van der Waals surface area contributed by atoms with Crippen LogP contribution in [0, 0.1) is 11.7 Å². The van der Waals surface area contributed by atoms with Gasteiger partial charge in [-0.1, -0.05) is 13.8 Å². The molecule has 1 aliphatic rings. The second kappa shape index (κ2) is 7.55. The molecule has 2 amide bonds. The Hall–Kier alpha value is -1.95. The molecule has 1 aromatic carbocycles. The molecular formula is C17H23FN2O3. The van der Waals surface area contributed by atoms with Crippen LogP contribution in [-0.4, -0.2) is 36.1 Å². The van der Waals surface area contributed by atoms with Gasteiger partial charge in [0.2, 0.25) is 5.91 Å². The molecule has 1 aromatic rings. The van der Waals surface area contributed by atoms with E-state index in [9.17, 15) is 14.0 Å². The van der Waals surface area contributed by atoms with E-state index in [4.69, 9.17) is 5.11 Å². The van der Waals surface area contributed by atoms with Gasteiger partial charge in [0.1, 0.15) is 5.82 Å². The maximum atomic E-state index is 14.0. The molecule has 1 saturated heterocycles. The molecule has 1 atom stereocenters. The number of hydrogen-bond acceptors (Lipinski definition) is 3. The molecule has 0 aliphatic carbocycles. The van der Waals surface area contributed by atoms with Crippen LogP contribution in [0.3, 0.4) is 0 Å². The second-order valence-corrected chi connectivity index (χ2v) is 6.15. The Balaban J connectivity index is 2.20. The van der Waals surface area contributed by atoms with Crippen molar-refractivity contribution >= 4 is 17.5 Å². The van der Waals surface area contributed by atoms with Crippen molar-refractivity contribution in [3.8, 4) is 0 Å². The van der Waals surface area contributed by atoms with Crippen LogP contribution in [0.1, 0.15) is 43.5 Å². The average Bonchev–Trinajstić information content (AvgIpc) is 2.93. The lowest BCUT2D eigenvalue weighted by molar-refractivity contribution is -0.117. The molecule has 0 aromatic heterocycles. The van der Waals surface area contributed by atoms with Gasteiger partial charge in [0.15, 0.2) is 0 Å². The van der Waals surface area contributed by atoms with E-state index in [0.29, 0.717) is 25.1 Å². The third-order valence-corrected chi connectivity index (χ3v) is 4.14. The standard InChI is InChI=1S/C17H23FN2O3/c1-11(2)15(7-9-21)19-17(23)13-10-12(5-6-14(13)18)20-8-3-4-16(20)22/h5-6,10-11,15,21H,3-4,7-9H2,1-2H3,(H,19,23). The van der Waals surface area contributed by atoms with E-state index < -0.39 is 11.7 Å². The van der Waals surface area contributed by atoms with Gasteiger partial charge in [-0.3, -0.25) is 9.59 Å². The third kappa shape index (κ3) is 4.07. The normalized spacial score (nSPS) is 16.0. The van der Waals surface area contributed by atoms with Crippen molar-refractivity contribution in [3.05, 3.63) is 29.6 Å². The largest absolute Gasteiger partial charge is 0.396 e. The number of amides is 2. The summed E-state index contributed by atoms with van der Waals surface area (Å²) in [5.74, 6) is -1.03. The highest BCUT2D eigenvalue weighted by molar-refractivity contribution is 5.99. The molecule has 2 rings (SSSR count). The average molecular weight is 322 g/mol. The minimum Gasteiger partial charge on any atom is -0.396 e. The molecule has 126 valence electrons. The van der Waals surface area contributed by atoms with Gasteiger partial charge in [-0.15, -0.1) is 0 Å². The summed E-state index contributed by atoms with van der Waals surface area (Å²) in [6, 6.07) is 3.92. The summed E-state index contributed by atoms with van der Waals surface area (Å²) in [6.07, 6.45) is 1.66. The first-order valence-corrected chi connectivity index (χ1v) is 7.95. The SMILES string of the molecule is CC(C)C(CCO)NC(=O)c1cc(N2CCCC2=O)ccc1F. The van der Waals surface area contributed by atoms with Crippen LogP contribution in [0.2, 0.25) is 0 Å². The van der Waals surface area contributed by atoms with Crippen LogP contribution in [0.5, 0.6) is 0 Å². The van der Waals surface area contributed by atoms with Crippen molar-refractivity contribution in [2.24, 2.45) is 5.92 Å². The fourth-order valence-corrected chi connectivity index (χ4v) is 2.73. The van der Waals surface area contributed by atoms with Crippen LogP contribution in [-0.2, 0) is 4.79 Å². The Morgan fingerprint density at radius 2 is 2.17 bits per heavy atom. The van der Waals surface area contributed by atoms with E-state index in [1.54, 1.807) is 4.90 Å². The summed E-state index contributed by atoms with van der Waals surface area (Å²) < 4.78 is 14.0. The molecule has 23 heavy (non-hydrogen) atoms. The number of nitrogens with zero attached hydrogens (tertiary/aromatic N) is 1. The van der Waals surface area contributed by atoms with Crippen molar-refractivity contribution in [1.82, 2.24) is 5.32 Å². The topological polar surface area (TPSA) is 69.6 Å². The van der Waals surface area contributed by atoms with Gasteiger partial charge in [0.05, 0.1) is 5.56 Å². The minimum absolute atomic E-state index is 0.0108. The summed E-state index contributed by atoms with van der Waals surface area (Å²) in [5, 5.41) is 11.8. The van der Waals surface area contributed by atoms with Gasteiger partial charge in [0, 0.05) is 31.3 Å². The first-order chi connectivity index (χ1) is 10.9. The predicted octanol–water partition coefficient (Wildman–Crippen LogP) is 2.09. The first-order valence-electron chi connectivity index (χ1n) is 7.95. The Kier molecular flexibility index (Phi) is 5.71. The zero-order chi connectivity index (χ0) is 17.0. The number of halogens is 1. The van der Waals surface area contributed by atoms with E-state index >= 15 is 0 Å². The highest BCUT2D eigenvalue weighted by Crippen LogP contribution is 2.24. The lowest BCUT2D eigenvalue weighted by atomic mass is 10.0. The molecule has 6 heteroatoms. The van der Waals surface area contributed by atoms with Gasteiger partial charge in [-0.05, 0) is 37.0 Å². The van der Waals surface area contributed by atoms with E-state index in [1.807, 2.05) is 13.8 Å². The molecule has 1 unspecified atom stereocenters. The Morgan fingerprint density at radius 3 is 2.74 bits per heavy atom. The molecular weight excluding hydrogens is 299 g/mol. The quantitative estimate of drug-likeness (QED) is 0.842. The zero-order valence-corrected chi connectivity index (χ0v) is 13.5. The summed E-state index contributed by atoms with van der Waals surface area (Å²) in [6.45, 7) is 4.39. The smallest absolute Gasteiger partial charge is 0.254 e. The summed E-state index contributed by atoms with van der Waals surface area (Å²) in [4.78, 5) is 25.7. The van der Waals surface area contributed by atoms with Crippen molar-refractivity contribution in [2.75, 3.05) is 18.1 Å². The summed E-state index contributed by atoms with van der Waals surface area (Å²) >= 11 is 0. The van der Waals surface area contributed by atoms with Crippen LogP contribution in [0.15, 0.2) is 18.2 Å². The predicted molar refractivity (Wildman–Crippen MR) is 85.8 cm³/mol. The van der Waals surface area contributed by atoms with Gasteiger partial charge in [-0.25, -0.2) is 4.39 Å². The number of benzene rings is 1. The van der Waals surface area contributed by atoms with Crippen molar-refractivity contribution < 1.29 is 19.1 Å². The Labute approximate surface area is 135 Å². The highest BCUT2D eigenvalue weighted by Gasteiger charge is 2.24. The Bertz CT molecular complexity index is 589. The molecule has 0 spiro atoms. The Morgan fingerprint density at radius 1 is 1.43 bits per heavy atom. The number of carbonyl (C=O) groups excluding carboxylic acids is 2. The van der Waals surface area contributed by atoms with Crippen LogP contribution in [0.4, 0.5) is 10.1 Å². The molecule has 0 saturated carbocycles. The molecule has 2 N–H and O–H groups in total. The van der Waals surface area contributed by atoms with Crippen molar-refractivity contribution in [2.45, 2.75) is 39.2 Å². The second-order valence-electron chi connectivity index (χ2n) is 6.15. The number of carbonyl (C=O) groups is 2. The maximum Gasteiger partial charge on any atom is 0.254 e. The maximum absolute atomic E-state index is 14.0. The lowest BCUT2D eigenvalue weighted by Gasteiger charge is -2.22. The molecule has 5 nitrogen and oxygen atoms in total. The van der Waals surface area contributed by atoms with Crippen molar-refractivity contribution in [3.63, 3.8) is 0 Å². The van der Waals surface area contributed by atoms with Gasteiger partial charge >= 0.3 is 0 Å². The van der Waals surface area contributed by atoms with Crippen molar-refractivity contribution in [1.29, 1.82) is 0 Å². The number of hydrogen-bond donors (Lipinski definition) is 2. The molecule has 1 fully saturated rings. The summed E-state index contributed by atoms with van der Waals surface area (Å²) in [5.41, 5.74) is 0.466. The fourth-order valence-electron chi connectivity index (χ4n) is 2.73. The molecule has 0 bridgehead atoms. The van der Waals surface area contributed by atoms with Crippen LogP contribution in [0.25, 0.3) is 0 Å². The van der Waals surface area contributed by atoms with Crippen LogP contribution >= 0.6 is 0 Å². The van der Waals surface area contributed by atoms with Gasteiger partial charge in [0.25, 0.3) is 5.91 Å². The van der Waals surface area contributed by atoms with Gasteiger partial charge < -0.3 is 15.3 Å². The summed E-state index contributed by atoms with van der Waals surface area (Å²) in [7, 11) is 0. The number of aliphatic hydroxyl groups excluding tert-OH is 1. The number of rotatable bonds is 6. The number of anilines is 1. The molecule has 0 radical (unpaired) electrons. The number of aliphatic hydroxyl groups is 1. The third-order valence-electron chi connectivity index (χ3n) is 4.14. The highest BCUT2D eigenvalue weighted by atomic mass is 19.1. The van der Waals surface area contributed by atoms with E-state index in [2.05, 4.69) is 5.32 Å². The van der Waals surface area contributed by atoms with Gasteiger partial charge in [-0.2, -0.15) is 0 Å². The number of nitrogens with one attached hydrogen (secondary N) is 1. The van der Waals surface area contributed by atoms with E-state index in [1.165, 1.54) is 18.2 Å². The minimum atomic E-state index is -0.621. The monoisotopic (exact) mass is 322 g/mol. The van der Waals surface area contributed by atoms with E-state index in [-0.39, 0.29) is 30.0 Å². The van der Waals surface area contributed by atoms with Crippen LogP contribution < -0.4 is 10.2 Å². The first kappa shape index (κ1) is 17.4. The lowest BCUT2D eigenvalue weighted by Crippen LogP contribution is -2.39. The van der Waals surface area contributed by atoms with E-state index in [0.717, 1.165) is 6.42 Å². The fraction of sp³-hybridized carbons (Fsp3) is 0.529. The molecule has 1 aliphatic heterocycles. The molecule has 1 heterocycles.